The number of benzene rings is 2. The summed E-state index contributed by atoms with van der Waals surface area (Å²) in [4.78, 5) is 16.2. The average molecular weight is 430 g/mol. The van der Waals surface area contributed by atoms with Gasteiger partial charge in [0, 0.05) is 10.9 Å². The Hall–Kier alpha value is -2.91. The molecular formula is C20H19N3O4S2. The lowest BCUT2D eigenvalue weighted by molar-refractivity contribution is -0.122. The fourth-order valence-electron chi connectivity index (χ4n) is 3.01. The number of carbonyl (C=O) groups excluding carboxylic acids is 1. The van der Waals surface area contributed by atoms with Crippen molar-refractivity contribution in [3.05, 3.63) is 59.0 Å². The van der Waals surface area contributed by atoms with Crippen molar-refractivity contribution in [1.29, 1.82) is 0 Å². The van der Waals surface area contributed by atoms with Crippen LogP contribution in [0.5, 0.6) is 5.75 Å². The van der Waals surface area contributed by atoms with Gasteiger partial charge < -0.3 is 10.1 Å². The van der Waals surface area contributed by atoms with Crippen LogP contribution in [0.2, 0.25) is 0 Å². The molecule has 1 aromatic heterocycles. The van der Waals surface area contributed by atoms with Gasteiger partial charge in [-0.05, 0) is 37.6 Å². The molecule has 4 rings (SSSR count). The van der Waals surface area contributed by atoms with E-state index in [1.54, 1.807) is 30.5 Å². The van der Waals surface area contributed by atoms with Crippen molar-refractivity contribution in [3.63, 3.8) is 0 Å². The van der Waals surface area contributed by atoms with Gasteiger partial charge in [-0.3, -0.25) is 9.52 Å². The van der Waals surface area contributed by atoms with E-state index in [2.05, 4.69) is 15.0 Å². The highest BCUT2D eigenvalue weighted by atomic mass is 32.2. The number of rotatable bonds is 5. The first-order valence-corrected chi connectivity index (χ1v) is 11.5. The Morgan fingerprint density at radius 2 is 2.07 bits per heavy atom. The molecule has 150 valence electrons. The maximum Gasteiger partial charge on any atom is 0.265 e. The Morgan fingerprint density at radius 3 is 2.86 bits per heavy atom. The van der Waals surface area contributed by atoms with E-state index in [1.807, 2.05) is 31.2 Å². The fraction of sp³-hybridized carbons (Fsp3) is 0.200. The van der Waals surface area contributed by atoms with Crippen molar-refractivity contribution < 1.29 is 17.9 Å². The normalized spacial score (nSPS) is 15.9. The van der Waals surface area contributed by atoms with Gasteiger partial charge in [-0.15, -0.1) is 11.3 Å². The highest BCUT2D eigenvalue weighted by Gasteiger charge is 2.24. The zero-order chi connectivity index (χ0) is 20.6. The lowest BCUT2D eigenvalue weighted by Crippen LogP contribution is -2.34. The Labute approximate surface area is 172 Å². The van der Waals surface area contributed by atoms with Crippen LogP contribution in [0.15, 0.2) is 47.8 Å². The van der Waals surface area contributed by atoms with Gasteiger partial charge in [-0.25, -0.2) is 13.4 Å². The molecule has 0 saturated heterocycles. The van der Waals surface area contributed by atoms with Crippen molar-refractivity contribution >= 4 is 38.1 Å². The van der Waals surface area contributed by atoms with Crippen molar-refractivity contribution in [2.45, 2.75) is 25.7 Å². The molecule has 0 saturated carbocycles. The number of nitrogens with zero attached hydrogens (tertiary/aromatic N) is 1. The maximum absolute atomic E-state index is 12.5. The first-order valence-electron chi connectivity index (χ1n) is 8.92. The zero-order valence-electron chi connectivity index (χ0n) is 15.8. The first kappa shape index (κ1) is 19.4. The number of hydrogen-bond acceptors (Lipinski definition) is 6. The summed E-state index contributed by atoms with van der Waals surface area (Å²) in [6.07, 6.45) is -0.540. The molecule has 7 nitrogen and oxygen atoms in total. The van der Waals surface area contributed by atoms with Crippen LogP contribution in [0.25, 0.3) is 11.3 Å². The van der Waals surface area contributed by atoms with E-state index >= 15 is 0 Å². The minimum absolute atomic E-state index is 0.121. The van der Waals surface area contributed by atoms with E-state index in [0.29, 0.717) is 27.8 Å². The molecule has 0 radical (unpaired) electrons. The number of sulfonamides is 1. The summed E-state index contributed by atoms with van der Waals surface area (Å²) in [7, 11) is -3.58. The predicted octanol–water partition coefficient (Wildman–Crippen LogP) is 3.78. The van der Waals surface area contributed by atoms with E-state index in [-0.39, 0.29) is 11.7 Å². The standard InChI is InChI=1S/C20H19N3O4S2/c1-12-4-3-5-14(8-12)11-29(25,26)23-20-22-17(10-28-20)15-6-7-18-16(9-15)21-19(24)13(2)27-18/h3-10,13H,11H2,1-2H3,(H,21,24)(H,22,23). The van der Waals surface area contributed by atoms with E-state index in [4.69, 9.17) is 4.74 Å². The Balaban J connectivity index is 1.51. The van der Waals surface area contributed by atoms with Crippen LogP contribution in [-0.2, 0) is 20.6 Å². The summed E-state index contributed by atoms with van der Waals surface area (Å²) in [6.45, 7) is 3.60. The summed E-state index contributed by atoms with van der Waals surface area (Å²) in [5.74, 6) is 0.261. The van der Waals surface area contributed by atoms with Crippen LogP contribution in [0.1, 0.15) is 18.1 Å². The summed E-state index contributed by atoms with van der Waals surface area (Å²) in [5, 5.41) is 4.85. The third kappa shape index (κ3) is 4.41. The smallest absolute Gasteiger partial charge is 0.265 e. The molecule has 9 heteroatoms. The second kappa shape index (κ2) is 7.49. The van der Waals surface area contributed by atoms with E-state index in [0.717, 1.165) is 11.1 Å². The fourth-order valence-corrected chi connectivity index (χ4v) is 5.15. The predicted molar refractivity (Wildman–Crippen MR) is 114 cm³/mol. The summed E-state index contributed by atoms with van der Waals surface area (Å²) in [5.41, 5.74) is 3.66. The van der Waals surface area contributed by atoms with E-state index in [9.17, 15) is 13.2 Å². The van der Waals surface area contributed by atoms with Gasteiger partial charge in [0.2, 0.25) is 10.0 Å². The number of ether oxygens (including phenoxy) is 1. The Morgan fingerprint density at radius 1 is 1.24 bits per heavy atom. The van der Waals surface area contributed by atoms with Gasteiger partial charge >= 0.3 is 0 Å². The van der Waals surface area contributed by atoms with Gasteiger partial charge in [0.25, 0.3) is 5.91 Å². The average Bonchev–Trinajstić information content (AvgIpc) is 3.09. The number of anilines is 2. The van der Waals surface area contributed by atoms with Gasteiger partial charge in [0.05, 0.1) is 17.1 Å². The SMILES string of the molecule is Cc1cccc(CS(=O)(=O)Nc2nc(-c3ccc4c(c3)NC(=O)C(C)O4)cs2)c1. The zero-order valence-corrected chi connectivity index (χ0v) is 17.4. The molecule has 3 aromatic rings. The number of carbonyl (C=O) groups is 1. The Bertz CT molecular complexity index is 1190. The van der Waals surface area contributed by atoms with Crippen LogP contribution in [0.3, 0.4) is 0 Å². The van der Waals surface area contributed by atoms with Gasteiger partial charge in [-0.1, -0.05) is 29.8 Å². The number of hydrogen-bond donors (Lipinski definition) is 2. The van der Waals surface area contributed by atoms with E-state index in [1.165, 1.54) is 11.3 Å². The number of aryl methyl sites for hydroxylation is 1. The lowest BCUT2D eigenvalue weighted by atomic mass is 10.1. The van der Waals surface area contributed by atoms with E-state index < -0.39 is 16.1 Å². The molecular weight excluding hydrogens is 410 g/mol. The van der Waals surface area contributed by atoms with Crippen molar-refractivity contribution in [1.82, 2.24) is 4.98 Å². The highest BCUT2D eigenvalue weighted by Crippen LogP contribution is 2.35. The minimum Gasteiger partial charge on any atom is -0.479 e. The number of amides is 1. The lowest BCUT2D eigenvalue weighted by Gasteiger charge is -2.23. The largest absolute Gasteiger partial charge is 0.479 e. The second-order valence-electron chi connectivity index (χ2n) is 6.85. The summed E-state index contributed by atoms with van der Waals surface area (Å²) >= 11 is 1.20. The third-order valence-corrected chi connectivity index (χ3v) is 6.50. The molecule has 1 amide bonds. The van der Waals surface area contributed by atoms with Crippen LogP contribution in [0.4, 0.5) is 10.8 Å². The minimum atomic E-state index is -3.58. The molecule has 0 aliphatic carbocycles. The number of fused-ring (bicyclic) bond motifs is 1. The molecule has 29 heavy (non-hydrogen) atoms. The van der Waals surface area contributed by atoms with Crippen molar-refractivity contribution in [2.24, 2.45) is 0 Å². The highest BCUT2D eigenvalue weighted by molar-refractivity contribution is 7.92. The molecule has 1 atom stereocenters. The topological polar surface area (TPSA) is 97.4 Å². The third-order valence-electron chi connectivity index (χ3n) is 4.39. The van der Waals surface area contributed by atoms with Crippen LogP contribution < -0.4 is 14.8 Å². The van der Waals surface area contributed by atoms with Crippen molar-refractivity contribution in [2.75, 3.05) is 10.0 Å². The molecule has 0 bridgehead atoms. The molecule has 0 fully saturated rings. The van der Waals surface area contributed by atoms with Gasteiger partial charge in [0.15, 0.2) is 11.2 Å². The monoisotopic (exact) mass is 429 g/mol. The number of aromatic nitrogens is 1. The summed E-state index contributed by atoms with van der Waals surface area (Å²) < 4.78 is 33.0. The molecule has 1 aliphatic rings. The molecule has 2 heterocycles. The van der Waals surface area contributed by atoms with Crippen LogP contribution in [0, 0.1) is 6.92 Å². The van der Waals surface area contributed by atoms with Gasteiger partial charge in [-0.2, -0.15) is 0 Å². The van der Waals surface area contributed by atoms with Gasteiger partial charge in [0.1, 0.15) is 5.75 Å². The molecule has 0 spiro atoms. The maximum atomic E-state index is 12.5. The molecule has 1 aliphatic heterocycles. The molecule has 2 N–H and O–H groups in total. The molecule has 1 unspecified atom stereocenters. The number of thiazole rings is 1. The quantitative estimate of drug-likeness (QED) is 0.643. The number of nitrogens with one attached hydrogen (secondary N) is 2. The second-order valence-corrected chi connectivity index (χ2v) is 9.43. The molecule has 2 aromatic carbocycles. The van der Waals surface area contributed by atoms with Crippen LogP contribution >= 0.6 is 11.3 Å². The van der Waals surface area contributed by atoms with Crippen molar-refractivity contribution in [3.8, 4) is 17.0 Å². The van der Waals surface area contributed by atoms with Crippen LogP contribution in [-0.4, -0.2) is 25.4 Å². The first-order chi connectivity index (χ1) is 13.8. The summed E-state index contributed by atoms with van der Waals surface area (Å²) in [6, 6.07) is 12.7. The Kier molecular flexibility index (Phi) is 5.01.